The van der Waals surface area contributed by atoms with Crippen molar-refractivity contribution in [2.45, 2.75) is 32.7 Å². The van der Waals surface area contributed by atoms with Crippen LogP contribution < -0.4 is 20.1 Å². The van der Waals surface area contributed by atoms with Gasteiger partial charge in [0.05, 0.1) is 26.0 Å². The standard InChI is InChI=1S/C21H27N5O4.CH4O3S/c1-11-12(2)20(28)26(19(11)27)13-5-7-25(8-6-13)21-23-15-10-17(30-4)16(29-3)9-14(15)18(22)24-21;1-5(2,3)4/h9-13H,5-8H2,1-4H3,(H2,22,23,24);1H3,(H,2,3,4). The monoisotopic (exact) mass is 509 g/mol. The van der Waals surface area contributed by atoms with Crippen LogP contribution in [0.5, 0.6) is 11.5 Å². The van der Waals surface area contributed by atoms with E-state index in [0.717, 1.165) is 0 Å². The Morgan fingerprint density at radius 2 is 1.49 bits per heavy atom. The van der Waals surface area contributed by atoms with Gasteiger partial charge in [0.2, 0.25) is 17.8 Å². The molecule has 2 amide bonds. The topological polar surface area (TPSA) is 165 Å². The normalized spacial score (nSPS) is 21.2. The number of nitrogens with two attached hydrogens (primary N) is 1. The number of anilines is 2. The Hall–Kier alpha value is -3.19. The summed E-state index contributed by atoms with van der Waals surface area (Å²) in [6.45, 7) is 4.94. The molecule has 0 aliphatic carbocycles. The SMILES string of the molecule is COc1cc2nc(N3CCC(N4C(=O)C(C)C(C)C4=O)CC3)nc(N)c2cc1OC.CS(=O)(=O)O. The zero-order chi connectivity index (χ0) is 26.1. The van der Waals surface area contributed by atoms with E-state index in [0.29, 0.717) is 66.4 Å². The lowest BCUT2D eigenvalue weighted by Gasteiger charge is -2.36. The number of ether oxygens (including phenoxy) is 2. The molecule has 2 fully saturated rings. The highest BCUT2D eigenvalue weighted by Crippen LogP contribution is 2.35. The predicted octanol–water partition coefficient (Wildman–Crippen LogP) is 1.34. The molecule has 0 spiro atoms. The maximum absolute atomic E-state index is 12.5. The van der Waals surface area contributed by atoms with Crippen molar-refractivity contribution >= 4 is 44.6 Å². The van der Waals surface area contributed by atoms with Crippen molar-refractivity contribution in [2.24, 2.45) is 11.8 Å². The van der Waals surface area contributed by atoms with Gasteiger partial charge in [-0.05, 0) is 18.9 Å². The van der Waals surface area contributed by atoms with Gasteiger partial charge in [-0.1, -0.05) is 13.8 Å². The maximum atomic E-state index is 12.5. The zero-order valence-corrected chi connectivity index (χ0v) is 21.2. The second kappa shape index (κ2) is 10.2. The van der Waals surface area contributed by atoms with E-state index in [1.807, 2.05) is 18.7 Å². The van der Waals surface area contributed by atoms with E-state index in [4.69, 9.17) is 19.8 Å². The van der Waals surface area contributed by atoms with Crippen LogP contribution in [-0.2, 0) is 19.7 Å². The number of methoxy groups -OCH3 is 2. The number of likely N-dealkylation sites (tertiary alicyclic amines) is 1. The van der Waals surface area contributed by atoms with Crippen LogP contribution in [0.2, 0.25) is 0 Å². The van der Waals surface area contributed by atoms with Crippen molar-refractivity contribution in [1.29, 1.82) is 0 Å². The number of fused-ring (bicyclic) bond motifs is 1. The fraction of sp³-hybridized carbons (Fsp3) is 0.545. The summed E-state index contributed by atoms with van der Waals surface area (Å²) in [6, 6.07) is 3.48. The van der Waals surface area contributed by atoms with Crippen molar-refractivity contribution in [2.75, 3.05) is 44.2 Å². The molecule has 1 aromatic heterocycles. The Morgan fingerprint density at radius 3 is 1.97 bits per heavy atom. The lowest BCUT2D eigenvalue weighted by molar-refractivity contribution is -0.143. The van der Waals surface area contributed by atoms with Gasteiger partial charge >= 0.3 is 0 Å². The predicted molar refractivity (Wildman–Crippen MR) is 130 cm³/mol. The van der Waals surface area contributed by atoms with E-state index in [2.05, 4.69) is 9.97 Å². The highest BCUT2D eigenvalue weighted by atomic mass is 32.2. The number of benzene rings is 1. The molecule has 2 saturated heterocycles. The Bertz CT molecular complexity index is 1200. The van der Waals surface area contributed by atoms with Crippen molar-refractivity contribution in [3.63, 3.8) is 0 Å². The molecule has 1 aromatic carbocycles. The van der Waals surface area contributed by atoms with Crippen molar-refractivity contribution < 1.29 is 32.0 Å². The third-order valence-corrected chi connectivity index (χ3v) is 6.34. The van der Waals surface area contributed by atoms with E-state index in [1.165, 1.54) is 4.90 Å². The summed E-state index contributed by atoms with van der Waals surface area (Å²) in [7, 11) is -0.529. The Morgan fingerprint density at radius 1 is 1.00 bits per heavy atom. The minimum absolute atomic E-state index is 0.0572. The van der Waals surface area contributed by atoms with Crippen LogP contribution in [0.25, 0.3) is 10.9 Å². The van der Waals surface area contributed by atoms with Gasteiger partial charge in [0.1, 0.15) is 5.82 Å². The number of carbonyl (C=O) groups excluding carboxylic acids is 2. The Labute approximate surface area is 204 Å². The fourth-order valence-corrected chi connectivity index (χ4v) is 4.27. The van der Waals surface area contributed by atoms with Crippen LogP contribution in [0.15, 0.2) is 12.1 Å². The first-order valence-corrected chi connectivity index (χ1v) is 12.9. The Balaban J connectivity index is 0.000000623. The molecule has 2 aliphatic rings. The highest BCUT2D eigenvalue weighted by molar-refractivity contribution is 7.85. The molecular formula is C22H31N5O7S. The number of imide groups is 1. The maximum Gasteiger partial charge on any atom is 0.261 e. The first-order chi connectivity index (χ1) is 16.3. The number of rotatable bonds is 4. The van der Waals surface area contributed by atoms with Crippen LogP contribution in [0.3, 0.4) is 0 Å². The molecule has 3 heterocycles. The van der Waals surface area contributed by atoms with Gasteiger partial charge in [-0.3, -0.25) is 19.0 Å². The first kappa shape index (κ1) is 26.4. The molecule has 35 heavy (non-hydrogen) atoms. The molecule has 2 aliphatic heterocycles. The molecule has 0 bridgehead atoms. The fourth-order valence-electron chi connectivity index (χ4n) is 4.27. The molecule has 0 saturated carbocycles. The number of amides is 2. The van der Waals surface area contributed by atoms with Crippen molar-refractivity contribution in [1.82, 2.24) is 14.9 Å². The number of aromatic nitrogens is 2. The van der Waals surface area contributed by atoms with E-state index >= 15 is 0 Å². The number of piperidine rings is 1. The molecule has 12 nitrogen and oxygen atoms in total. The van der Waals surface area contributed by atoms with Gasteiger partial charge in [-0.15, -0.1) is 0 Å². The largest absolute Gasteiger partial charge is 0.493 e. The summed E-state index contributed by atoms with van der Waals surface area (Å²) in [5.41, 5.74) is 6.87. The summed E-state index contributed by atoms with van der Waals surface area (Å²) in [5.74, 6) is 1.44. The summed E-state index contributed by atoms with van der Waals surface area (Å²) in [6.07, 6.45) is 2.08. The third kappa shape index (κ3) is 5.73. The molecule has 2 atom stereocenters. The van der Waals surface area contributed by atoms with Crippen LogP contribution in [0.4, 0.5) is 11.8 Å². The minimum atomic E-state index is -3.67. The molecule has 192 valence electrons. The second-order valence-corrected chi connectivity index (χ2v) is 10.2. The molecule has 2 aromatic rings. The molecule has 0 radical (unpaired) electrons. The minimum Gasteiger partial charge on any atom is -0.493 e. The second-order valence-electron chi connectivity index (χ2n) is 8.71. The van der Waals surface area contributed by atoms with E-state index in [1.54, 1.807) is 26.4 Å². The average Bonchev–Trinajstić information content (AvgIpc) is 2.99. The smallest absolute Gasteiger partial charge is 0.261 e. The lowest BCUT2D eigenvalue weighted by atomic mass is 10.00. The van der Waals surface area contributed by atoms with E-state index < -0.39 is 10.1 Å². The summed E-state index contributed by atoms with van der Waals surface area (Å²) < 4.78 is 36.6. The lowest BCUT2D eigenvalue weighted by Crippen LogP contribution is -2.48. The summed E-state index contributed by atoms with van der Waals surface area (Å²) >= 11 is 0. The Kier molecular flexibility index (Phi) is 7.70. The number of carbonyl (C=O) groups is 2. The molecule has 2 unspecified atom stereocenters. The van der Waals surface area contributed by atoms with Crippen molar-refractivity contribution in [3.05, 3.63) is 12.1 Å². The number of nitrogens with zero attached hydrogens (tertiary/aromatic N) is 4. The molecule has 4 rings (SSSR count). The quantitative estimate of drug-likeness (QED) is 0.451. The summed E-state index contributed by atoms with van der Waals surface area (Å²) in [4.78, 5) is 37.7. The zero-order valence-electron chi connectivity index (χ0n) is 20.4. The van der Waals surface area contributed by atoms with Gasteiger partial charge in [-0.25, -0.2) is 4.98 Å². The number of hydrogen-bond acceptors (Lipinski definition) is 10. The van der Waals surface area contributed by atoms with E-state index in [9.17, 15) is 18.0 Å². The average molecular weight is 510 g/mol. The third-order valence-electron chi connectivity index (χ3n) is 6.34. The van der Waals surface area contributed by atoms with Gasteiger partial charge in [0.25, 0.3) is 10.1 Å². The summed E-state index contributed by atoms with van der Waals surface area (Å²) in [5, 5.41) is 0.697. The van der Waals surface area contributed by atoms with Gasteiger partial charge in [0.15, 0.2) is 11.5 Å². The van der Waals surface area contributed by atoms with E-state index in [-0.39, 0.29) is 29.7 Å². The van der Waals surface area contributed by atoms with Crippen LogP contribution in [-0.4, -0.2) is 79.3 Å². The van der Waals surface area contributed by atoms with Gasteiger partial charge < -0.3 is 20.1 Å². The number of nitrogen functional groups attached to an aromatic ring is 1. The van der Waals surface area contributed by atoms with Gasteiger partial charge in [-0.2, -0.15) is 13.4 Å². The van der Waals surface area contributed by atoms with Crippen LogP contribution >= 0.6 is 0 Å². The van der Waals surface area contributed by atoms with Crippen LogP contribution in [0.1, 0.15) is 26.7 Å². The first-order valence-electron chi connectivity index (χ1n) is 11.1. The highest BCUT2D eigenvalue weighted by Gasteiger charge is 2.46. The molecular weight excluding hydrogens is 478 g/mol. The number of hydrogen-bond donors (Lipinski definition) is 2. The van der Waals surface area contributed by atoms with Gasteiger partial charge in [0, 0.05) is 42.4 Å². The molecule has 3 N–H and O–H groups in total. The van der Waals surface area contributed by atoms with Crippen molar-refractivity contribution in [3.8, 4) is 11.5 Å². The van der Waals surface area contributed by atoms with Crippen LogP contribution in [0, 0.1) is 11.8 Å². The molecule has 13 heteroatoms.